The fourth-order valence-corrected chi connectivity index (χ4v) is 2.65. The van der Waals surface area contributed by atoms with E-state index in [1.165, 1.54) is 0 Å². The van der Waals surface area contributed by atoms with Crippen LogP contribution in [0.2, 0.25) is 5.02 Å². The second-order valence-electron chi connectivity index (χ2n) is 5.29. The van der Waals surface area contributed by atoms with Gasteiger partial charge in [-0.2, -0.15) is 0 Å². The molecule has 0 atom stereocenters. The van der Waals surface area contributed by atoms with Crippen LogP contribution in [0.3, 0.4) is 0 Å². The number of anilines is 1. The summed E-state index contributed by atoms with van der Waals surface area (Å²) < 4.78 is 5.77. The summed E-state index contributed by atoms with van der Waals surface area (Å²) in [6.45, 7) is 1.27. The molecule has 2 amide bonds. The van der Waals surface area contributed by atoms with Crippen LogP contribution >= 0.6 is 11.6 Å². The Labute approximate surface area is 139 Å². The molecule has 6 nitrogen and oxygen atoms in total. The number of rotatable bonds is 3. The number of halogens is 1. The van der Waals surface area contributed by atoms with Gasteiger partial charge in [0.2, 0.25) is 5.88 Å². The van der Waals surface area contributed by atoms with E-state index in [4.69, 9.17) is 16.3 Å². The van der Waals surface area contributed by atoms with Crippen LogP contribution in [-0.4, -0.2) is 40.1 Å². The molecule has 1 saturated heterocycles. The van der Waals surface area contributed by atoms with Gasteiger partial charge in [-0.25, -0.2) is 9.78 Å². The number of nitrogens with zero attached hydrogens (tertiary/aromatic N) is 3. The van der Waals surface area contributed by atoms with Crippen molar-refractivity contribution in [3.63, 3.8) is 0 Å². The Bertz CT molecular complexity index is 660. The van der Waals surface area contributed by atoms with Gasteiger partial charge < -0.3 is 15.0 Å². The number of benzene rings is 1. The number of likely N-dealkylation sites (tertiary alicyclic amines) is 1. The molecule has 1 aromatic carbocycles. The predicted molar refractivity (Wildman–Crippen MR) is 87.7 cm³/mol. The van der Waals surface area contributed by atoms with Crippen molar-refractivity contribution in [3.8, 4) is 5.88 Å². The molecule has 23 heavy (non-hydrogen) atoms. The molecule has 1 fully saturated rings. The third kappa shape index (κ3) is 4.32. The molecular weight excluding hydrogens is 316 g/mol. The minimum atomic E-state index is -0.120. The van der Waals surface area contributed by atoms with Crippen molar-refractivity contribution in [3.05, 3.63) is 47.9 Å². The molecular formula is C16H17ClN4O2. The number of amides is 2. The Hall–Kier alpha value is -2.34. The van der Waals surface area contributed by atoms with E-state index >= 15 is 0 Å². The van der Waals surface area contributed by atoms with E-state index < -0.39 is 0 Å². The van der Waals surface area contributed by atoms with E-state index in [-0.39, 0.29) is 12.1 Å². The first-order chi connectivity index (χ1) is 11.2. The van der Waals surface area contributed by atoms with Gasteiger partial charge in [-0.05, 0) is 18.2 Å². The average molecular weight is 333 g/mol. The van der Waals surface area contributed by atoms with E-state index in [2.05, 4.69) is 15.3 Å². The van der Waals surface area contributed by atoms with E-state index in [9.17, 15) is 4.79 Å². The van der Waals surface area contributed by atoms with Crippen LogP contribution in [-0.2, 0) is 0 Å². The molecule has 120 valence electrons. The van der Waals surface area contributed by atoms with Crippen molar-refractivity contribution >= 4 is 23.3 Å². The van der Waals surface area contributed by atoms with Crippen LogP contribution in [0.15, 0.2) is 42.9 Å². The lowest BCUT2D eigenvalue weighted by molar-refractivity contribution is 0.111. The fraction of sp³-hybridized carbons (Fsp3) is 0.312. The molecule has 0 bridgehead atoms. The third-order valence-electron chi connectivity index (χ3n) is 3.63. The summed E-state index contributed by atoms with van der Waals surface area (Å²) >= 11 is 5.92. The van der Waals surface area contributed by atoms with Crippen LogP contribution < -0.4 is 10.1 Å². The Morgan fingerprint density at radius 3 is 2.83 bits per heavy atom. The minimum absolute atomic E-state index is 0.0573. The normalized spacial score (nSPS) is 15.3. The molecule has 3 rings (SSSR count). The highest BCUT2D eigenvalue weighted by Gasteiger charge is 2.24. The molecule has 0 radical (unpaired) electrons. The highest BCUT2D eigenvalue weighted by Crippen LogP contribution is 2.19. The first-order valence-electron chi connectivity index (χ1n) is 7.45. The SMILES string of the molecule is O=C(Nc1cccc(Cl)c1)N1CCC(Oc2cnccn2)CC1. The van der Waals surface area contributed by atoms with Crippen LogP contribution in [0.4, 0.5) is 10.5 Å². The number of piperidine rings is 1. The second kappa shape index (κ2) is 7.28. The number of aromatic nitrogens is 2. The number of hydrogen-bond donors (Lipinski definition) is 1. The molecule has 0 saturated carbocycles. The predicted octanol–water partition coefficient (Wildman–Crippen LogP) is 3.21. The molecule has 1 aliphatic rings. The minimum Gasteiger partial charge on any atom is -0.473 e. The van der Waals surface area contributed by atoms with Crippen molar-refractivity contribution in [2.45, 2.75) is 18.9 Å². The average Bonchev–Trinajstić information content (AvgIpc) is 2.56. The zero-order valence-electron chi connectivity index (χ0n) is 12.5. The van der Waals surface area contributed by atoms with Crippen LogP contribution in [0.1, 0.15) is 12.8 Å². The van der Waals surface area contributed by atoms with Crippen molar-refractivity contribution < 1.29 is 9.53 Å². The molecule has 7 heteroatoms. The second-order valence-corrected chi connectivity index (χ2v) is 5.72. The summed E-state index contributed by atoms with van der Waals surface area (Å²) in [5.41, 5.74) is 0.695. The lowest BCUT2D eigenvalue weighted by Crippen LogP contribution is -2.43. The van der Waals surface area contributed by atoms with Crippen LogP contribution in [0.25, 0.3) is 0 Å². The number of carbonyl (C=O) groups excluding carboxylic acids is 1. The van der Waals surface area contributed by atoms with Gasteiger partial charge in [0.05, 0.1) is 6.20 Å². The maximum absolute atomic E-state index is 12.3. The highest BCUT2D eigenvalue weighted by atomic mass is 35.5. The number of urea groups is 1. The summed E-state index contributed by atoms with van der Waals surface area (Å²) in [6, 6.07) is 6.99. The Balaban J connectivity index is 1.49. The first-order valence-corrected chi connectivity index (χ1v) is 7.83. The van der Waals surface area contributed by atoms with Crippen LogP contribution in [0.5, 0.6) is 5.88 Å². The fourth-order valence-electron chi connectivity index (χ4n) is 2.46. The number of hydrogen-bond acceptors (Lipinski definition) is 4. The zero-order valence-corrected chi connectivity index (χ0v) is 13.2. The van der Waals surface area contributed by atoms with Crippen LogP contribution in [0, 0.1) is 0 Å². The summed E-state index contributed by atoms with van der Waals surface area (Å²) in [6.07, 6.45) is 6.39. The number of nitrogens with one attached hydrogen (secondary N) is 1. The Kier molecular flexibility index (Phi) is 4.92. The molecule has 0 spiro atoms. The molecule has 0 aliphatic carbocycles. The summed E-state index contributed by atoms with van der Waals surface area (Å²) in [5.74, 6) is 0.523. The lowest BCUT2D eigenvalue weighted by atomic mass is 10.1. The van der Waals surface area contributed by atoms with Crippen molar-refractivity contribution in [2.24, 2.45) is 0 Å². The summed E-state index contributed by atoms with van der Waals surface area (Å²) in [7, 11) is 0. The van der Waals surface area contributed by atoms with Gasteiger partial charge in [-0.1, -0.05) is 17.7 Å². The molecule has 1 aliphatic heterocycles. The first kappa shape index (κ1) is 15.6. The summed E-state index contributed by atoms with van der Waals surface area (Å²) in [5, 5.41) is 3.45. The van der Waals surface area contributed by atoms with E-state index in [1.807, 2.05) is 6.07 Å². The van der Waals surface area contributed by atoms with Gasteiger partial charge in [0.1, 0.15) is 6.10 Å². The highest BCUT2D eigenvalue weighted by molar-refractivity contribution is 6.30. The molecule has 2 heterocycles. The Morgan fingerprint density at radius 1 is 1.30 bits per heavy atom. The topological polar surface area (TPSA) is 67.4 Å². The smallest absolute Gasteiger partial charge is 0.321 e. The standard InChI is InChI=1S/C16H17ClN4O2/c17-12-2-1-3-13(10-12)20-16(22)21-8-4-14(5-9-21)23-15-11-18-6-7-19-15/h1-3,6-7,10-11,14H,4-5,8-9H2,(H,20,22). The van der Waals surface area contributed by atoms with E-state index in [1.54, 1.807) is 41.7 Å². The maximum atomic E-state index is 12.3. The number of ether oxygens (including phenoxy) is 1. The Morgan fingerprint density at radius 2 is 2.13 bits per heavy atom. The molecule has 0 unspecified atom stereocenters. The maximum Gasteiger partial charge on any atom is 0.321 e. The van der Waals surface area contributed by atoms with Gasteiger partial charge in [0.25, 0.3) is 0 Å². The zero-order chi connectivity index (χ0) is 16.1. The van der Waals surface area contributed by atoms with Gasteiger partial charge >= 0.3 is 6.03 Å². The number of carbonyl (C=O) groups is 1. The van der Waals surface area contributed by atoms with E-state index in [0.717, 1.165) is 12.8 Å². The van der Waals surface area contributed by atoms with Gasteiger partial charge in [0, 0.05) is 49.0 Å². The third-order valence-corrected chi connectivity index (χ3v) is 3.87. The van der Waals surface area contributed by atoms with Crippen molar-refractivity contribution in [1.29, 1.82) is 0 Å². The van der Waals surface area contributed by atoms with E-state index in [0.29, 0.717) is 29.7 Å². The van der Waals surface area contributed by atoms with Crippen molar-refractivity contribution in [1.82, 2.24) is 14.9 Å². The van der Waals surface area contributed by atoms with Crippen molar-refractivity contribution in [2.75, 3.05) is 18.4 Å². The quantitative estimate of drug-likeness (QED) is 0.937. The lowest BCUT2D eigenvalue weighted by Gasteiger charge is -2.31. The largest absolute Gasteiger partial charge is 0.473 e. The van der Waals surface area contributed by atoms with Gasteiger partial charge in [-0.15, -0.1) is 0 Å². The van der Waals surface area contributed by atoms with Gasteiger partial charge in [-0.3, -0.25) is 4.98 Å². The summed E-state index contributed by atoms with van der Waals surface area (Å²) in [4.78, 5) is 22.1. The molecule has 1 N–H and O–H groups in total. The molecule has 2 aromatic rings. The van der Waals surface area contributed by atoms with Gasteiger partial charge in [0.15, 0.2) is 0 Å². The molecule has 1 aromatic heterocycles. The monoisotopic (exact) mass is 332 g/mol.